The lowest BCUT2D eigenvalue weighted by Crippen LogP contribution is -2.29. The zero-order chi connectivity index (χ0) is 17.8. The minimum Gasteiger partial charge on any atom is -0.481 e. The summed E-state index contributed by atoms with van der Waals surface area (Å²) in [5, 5.41) is 12.7. The highest BCUT2D eigenvalue weighted by atomic mass is 16.4. The first-order chi connectivity index (χ1) is 12.0. The van der Waals surface area contributed by atoms with Crippen LogP contribution in [0.4, 0.5) is 5.69 Å². The lowest BCUT2D eigenvalue weighted by atomic mass is 9.86. The van der Waals surface area contributed by atoms with Gasteiger partial charge in [0.05, 0.1) is 5.92 Å². The summed E-state index contributed by atoms with van der Waals surface area (Å²) in [5.74, 6) is 0.688. The van der Waals surface area contributed by atoms with Crippen molar-refractivity contribution in [2.45, 2.75) is 58.0 Å². The van der Waals surface area contributed by atoms with Crippen LogP contribution in [0.5, 0.6) is 0 Å². The van der Waals surface area contributed by atoms with Gasteiger partial charge in [-0.2, -0.15) is 0 Å². The summed E-state index contributed by atoms with van der Waals surface area (Å²) in [6, 6.07) is 8.85. The van der Waals surface area contributed by atoms with Crippen LogP contribution < -0.4 is 5.32 Å². The number of hydrogen-bond acceptors (Lipinski definition) is 3. The number of imidazole rings is 1. The van der Waals surface area contributed by atoms with Crippen LogP contribution >= 0.6 is 0 Å². The summed E-state index contributed by atoms with van der Waals surface area (Å²) < 4.78 is 2.20. The first kappa shape index (κ1) is 17.5. The van der Waals surface area contributed by atoms with E-state index in [1.165, 1.54) is 5.56 Å². The van der Waals surface area contributed by atoms with Crippen molar-refractivity contribution in [3.05, 3.63) is 48.0 Å². The third kappa shape index (κ3) is 4.41. The van der Waals surface area contributed by atoms with Crippen LogP contribution in [-0.2, 0) is 11.3 Å². The summed E-state index contributed by atoms with van der Waals surface area (Å²) in [6.07, 6.45) is 7.25. The van der Waals surface area contributed by atoms with Crippen LogP contribution in [0.15, 0.2) is 36.7 Å². The number of carboxylic acid groups (broad SMARTS) is 1. The maximum Gasteiger partial charge on any atom is 0.306 e. The molecule has 1 aliphatic rings. The van der Waals surface area contributed by atoms with Crippen molar-refractivity contribution in [2.24, 2.45) is 5.92 Å². The average Bonchev–Trinajstić information content (AvgIpc) is 3.04. The van der Waals surface area contributed by atoms with E-state index in [1.54, 1.807) is 0 Å². The Labute approximate surface area is 149 Å². The lowest BCUT2D eigenvalue weighted by molar-refractivity contribution is -0.142. The molecule has 0 atom stereocenters. The highest BCUT2D eigenvalue weighted by molar-refractivity contribution is 5.70. The van der Waals surface area contributed by atoms with Crippen molar-refractivity contribution in [3.63, 3.8) is 0 Å². The van der Waals surface area contributed by atoms with Crippen molar-refractivity contribution in [2.75, 3.05) is 5.32 Å². The normalized spacial score (nSPS) is 20.6. The number of nitrogens with zero attached hydrogens (tertiary/aromatic N) is 2. The van der Waals surface area contributed by atoms with E-state index >= 15 is 0 Å². The minimum atomic E-state index is -0.651. The summed E-state index contributed by atoms with van der Waals surface area (Å²) in [6.45, 7) is 5.13. The fourth-order valence-electron chi connectivity index (χ4n) is 3.63. The van der Waals surface area contributed by atoms with Gasteiger partial charge in [-0.25, -0.2) is 4.98 Å². The SMILES string of the molecule is CC(C)c1nccn1Cc1cccc(NC2CCC(C(=O)O)CC2)c1. The number of carbonyl (C=O) groups is 1. The van der Waals surface area contributed by atoms with Crippen LogP contribution in [0, 0.1) is 5.92 Å². The Morgan fingerprint density at radius 2 is 2.08 bits per heavy atom. The molecule has 1 aromatic heterocycles. The zero-order valence-corrected chi connectivity index (χ0v) is 15.0. The molecule has 1 aromatic carbocycles. The van der Waals surface area contributed by atoms with Gasteiger partial charge in [-0.05, 0) is 43.4 Å². The molecule has 2 aromatic rings. The second-order valence-corrected chi connectivity index (χ2v) is 7.30. The molecule has 0 spiro atoms. The van der Waals surface area contributed by atoms with Gasteiger partial charge in [0.25, 0.3) is 0 Å². The summed E-state index contributed by atoms with van der Waals surface area (Å²) in [4.78, 5) is 15.5. The number of rotatable bonds is 6. The second-order valence-electron chi connectivity index (χ2n) is 7.30. The monoisotopic (exact) mass is 341 g/mol. The van der Waals surface area contributed by atoms with Crippen molar-refractivity contribution >= 4 is 11.7 Å². The van der Waals surface area contributed by atoms with E-state index in [2.05, 4.69) is 53.0 Å². The molecule has 5 heteroatoms. The van der Waals surface area contributed by atoms with Gasteiger partial charge in [0.15, 0.2) is 0 Å². The Hall–Kier alpha value is -2.30. The molecule has 1 heterocycles. The van der Waals surface area contributed by atoms with Gasteiger partial charge in [-0.3, -0.25) is 4.79 Å². The van der Waals surface area contributed by atoms with E-state index in [0.717, 1.165) is 43.7 Å². The molecule has 0 unspecified atom stereocenters. The molecule has 1 fully saturated rings. The van der Waals surface area contributed by atoms with E-state index in [-0.39, 0.29) is 5.92 Å². The van der Waals surface area contributed by atoms with Crippen molar-refractivity contribution < 1.29 is 9.90 Å². The molecule has 3 rings (SSSR count). The highest BCUT2D eigenvalue weighted by Crippen LogP contribution is 2.27. The van der Waals surface area contributed by atoms with Crippen LogP contribution in [0.1, 0.15) is 56.8 Å². The summed E-state index contributed by atoms with van der Waals surface area (Å²) >= 11 is 0. The number of hydrogen-bond donors (Lipinski definition) is 2. The van der Waals surface area contributed by atoms with Gasteiger partial charge in [-0.15, -0.1) is 0 Å². The molecular weight excluding hydrogens is 314 g/mol. The molecule has 134 valence electrons. The smallest absolute Gasteiger partial charge is 0.306 e. The molecule has 2 N–H and O–H groups in total. The first-order valence-electron chi connectivity index (χ1n) is 9.12. The van der Waals surface area contributed by atoms with Gasteiger partial charge in [-0.1, -0.05) is 26.0 Å². The molecule has 1 saturated carbocycles. The maximum absolute atomic E-state index is 11.1. The minimum absolute atomic E-state index is 0.167. The summed E-state index contributed by atoms with van der Waals surface area (Å²) in [7, 11) is 0. The zero-order valence-electron chi connectivity index (χ0n) is 15.0. The molecule has 0 bridgehead atoms. The Morgan fingerprint density at radius 1 is 1.32 bits per heavy atom. The molecule has 1 aliphatic carbocycles. The molecule has 0 radical (unpaired) electrons. The Kier molecular flexibility index (Phi) is 5.41. The topological polar surface area (TPSA) is 67.2 Å². The Balaban J connectivity index is 1.62. The van der Waals surface area contributed by atoms with E-state index in [4.69, 9.17) is 5.11 Å². The van der Waals surface area contributed by atoms with Crippen molar-refractivity contribution in [1.29, 1.82) is 0 Å². The predicted molar refractivity (Wildman–Crippen MR) is 98.9 cm³/mol. The quantitative estimate of drug-likeness (QED) is 0.830. The maximum atomic E-state index is 11.1. The average molecular weight is 341 g/mol. The third-order valence-corrected chi connectivity index (χ3v) is 4.99. The molecular formula is C20H27N3O2. The highest BCUT2D eigenvalue weighted by Gasteiger charge is 2.25. The van der Waals surface area contributed by atoms with E-state index < -0.39 is 5.97 Å². The number of aromatic nitrogens is 2. The molecule has 0 amide bonds. The lowest BCUT2D eigenvalue weighted by Gasteiger charge is -2.27. The number of nitrogens with one attached hydrogen (secondary N) is 1. The molecule has 25 heavy (non-hydrogen) atoms. The molecule has 5 nitrogen and oxygen atoms in total. The van der Waals surface area contributed by atoms with Gasteiger partial charge in [0.1, 0.15) is 5.82 Å². The van der Waals surface area contributed by atoms with E-state index in [9.17, 15) is 4.79 Å². The van der Waals surface area contributed by atoms with Crippen LogP contribution in [0.3, 0.4) is 0 Å². The summed E-state index contributed by atoms with van der Waals surface area (Å²) in [5.41, 5.74) is 2.35. The second kappa shape index (κ2) is 7.72. The number of carboxylic acids is 1. The van der Waals surface area contributed by atoms with Gasteiger partial charge >= 0.3 is 5.97 Å². The van der Waals surface area contributed by atoms with Gasteiger partial charge in [0, 0.05) is 36.6 Å². The molecule has 0 saturated heterocycles. The number of anilines is 1. The molecule has 0 aliphatic heterocycles. The van der Waals surface area contributed by atoms with Crippen molar-refractivity contribution in [3.8, 4) is 0 Å². The van der Waals surface area contributed by atoms with Gasteiger partial charge in [0.2, 0.25) is 0 Å². The van der Waals surface area contributed by atoms with Gasteiger partial charge < -0.3 is 15.0 Å². The number of benzene rings is 1. The standard InChI is InChI=1S/C20H27N3O2/c1-14(2)19-21-10-11-23(19)13-15-4-3-5-18(12-15)22-17-8-6-16(7-9-17)20(24)25/h3-5,10-12,14,16-17,22H,6-9,13H2,1-2H3,(H,24,25). The van der Waals surface area contributed by atoms with Crippen LogP contribution in [0.25, 0.3) is 0 Å². The predicted octanol–water partition coefficient (Wildman–Crippen LogP) is 4.11. The Bertz CT molecular complexity index is 715. The van der Waals surface area contributed by atoms with E-state index in [1.807, 2.05) is 12.4 Å². The van der Waals surface area contributed by atoms with E-state index in [0.29, 0.717) is 12.0 Å². The number of aliphatic carboxylic acids is 1. The third-order valence-electron chi connectivity index (χ3n) is 4.99. The van der Waals surface area contributed by atoms with Crippen LogP contribution in [-0.4, -0.2) is 26.7 Å². The Morgan fingerprint density at radius 3 is 2.76 bits per heavy atom. The van der Waals surface area contributed by atoms with Crippen molar-refractivity contribution in [1.82, 2.24) is 9.55 Å². The fourth-order valence-corrected chi connectivity index (χ4v) is 3.63. The largest absolute Gasteiger partial charge is 0.481 e. The van der Waals surface area contributed by atoms with Crippen LogP contribution in [0.2, 0.25) is 0 Å². The first-order valence-corrected chi connectivity index (χ1v) is 9.12. The fraction of sp³-hybridized carbons (Fsp3) is 0.500.